The van der Waals surface area contributed by atoms with Gasteiger partial charge in [-0.3, -0.25) is 10.1 Å². The second-order valence-corrected chi connectivity index (χ2v) is 6.42. The van der Waals surface area contributed by atoms with Crippen LogP contribution in [0.15, 0.2) is 54.6 Å². The van der Waals surface area contributed by atoms with Crippen LogP contribution in [0, 0.1) is 0 Å². The van der Waals surface area contributed by atoms with Gasteiger partial charge in [0.25, 0.3) is 5.91 Å². The second kappa shape index (κ2) is 9.04. The number of aromatic nitrogens is 1. The minimum Gasteiger partial charge on any atom is -0.497 e. The van der Waals surface area contributed by atoms with Crippen molar-refractivity contribution < 1.29 is 23.9 Å². The molecule has 0 saturated carbocycles. The zero-order chi connectivity index (χ0) is 21.7. The summed E-state index contributed by atoms with van der Waals surface area (Å²) < 4.78 is 10.5. The number of fused-ring (bicyclic) bond motifs is 1. The number of para-hydroxylation sites is 1. The quantitative estimate of drug-likeness (QED) is 0.630. The van der Waals surface area contributed by atoms with Gasteiger partial charge in [-0.05, 0) is 43.3 Å². The van der Waals surface area contributed by atoms with Crippen molar-refractivity contribution in [2.24, 2.45) is 0 Å². The molecule has 1 aromatic heterocycles. The number of hydrogen-bond donors (Lipinski definition) is 2. The van der Waals surface area contributed by atoms with Gasteiger partial charge < -0.3 is 14.8 Å². The van der Waals surface area contributed by atoms with E-state index in [1.165, 1.54) is 14.0 Å². The number of nitrogens with zero attached hydrogens (tertiary/aromatic N) is 1. The molecule has 8 heteroatoms. The Morgan fingerprint density at radius 3 is 2.40 bits per heavy atom. The van der Waals surface area contributed by atoms with Crippen LogP contribution >= 0.6 is 0 Å². The maximum Gasteiger partial charge on any atom is 0.339 e. The fourth-order valence-electron chi connectivity index (χ4n) is 2.81. The number of amides is 3. The molecule has 0 aliphatic rings. The van der Waals surface area contributed by atoms with Crippen LogP contribution in [-0.4, -0.2) is 43.2 Å². The maximum absolute atomic E-state index is 12.9. The number of hydrogen-bond acceptors (Lipinski definition) is 6. The van der Waals surface area contributed by atoms with Crippen molar-refractivity contribution in [1.29, 1.82) is 0 Å². The van der Waals surface area contributed by atoms with Crippen LogP contribution in [0.4, 0.5) is 4.79 Å². The van der Waals surface area contributed by atoms with E-state index in [1.54, 1.807) is 43.5 Å². The molecule has 0 spiro atoms. The summed E-state index contributed by atoms with van der Waals surface area (Å²) in [6.07, 6.45) is -1.16. The Hall–Kier alpha value is -3.94. The first kappa shape index (κ1) is 20.8. The topological polar surface area (TPSA) is 107 Å². The Kier molecular flexibility index (Phi) is 6.26. The van der Waals surface area contributed by atoms with Crippen LogP contribution in [0.5, 0.6) is 5.75 Å². The molecule has 3 amide bonds. The monoisotopic (exact) mass is 407 g/mol. The van der Waals surface area contributed by atoms with Gasteiger partial charge in [0, 0.05) is 18.0 Å². The zero-order valence-corrected chi connectivity index (χ0v) is 16.8. The zero-order valence-electron chi connectivity index (χ0n) is 16.8. The number of nitrogens with one attached hydrogen (secondary N) is 2. The van der Waals surface area contributed by atoms with Gasteiger partial charge in [-0.15, -0.1) is 0 Å². The molecule has 3 rings (SSSR count). The van der Waals surface area contributed by atoms with E-state index in [-0.39, 0.29) is 5.56 Å². The molecule has 0 aliphatic carbocycles. The van der Waals surface area contributed by atoms with Gasteiger partial charge in [0.05, 0.1) is 23.9 Å². The summed E-state index contributed by atoms with van der Waals surface area (Å²) in [5.74, 6) is -0.713. The van der Waals surface area contributed by atoms with Gasteiger partial charge in [-0.25, -0.2) is 14.6 Å². The van der Waals surface area contributed by atoms with Crippen molar-refractivity contribution >= 4 is 28.8 Å². The lowest BCUT2D eigenvalue weighted by atomic mass is 10.0. The Morgan fingerprint density at radius 1 is 1.03 bits per heavy atom. The third-order valence-corrected chi connectivity index (χ3v) is 4.44. The molecule has 0 radical (unpaired) electrons. The minimum atomic E-state index is -1.16. The molecule has 1 heterocycles. The first-order valence-electron chi connectivity index (χ1n) is 9.20. The van der Waals surface area contributed by atoms with Crippen LogP contribution in [0.3, 0.4) is 0 Å². The molecule has 0 bridgehead atoms. The third-order valence-electron chi connectivity index (χ3n) is 4.44. The molecule has 8 nitrogen and oxygen atoms in total. The third kappa shape index (κ3) is 4.54. The smallest absolute Gasteiger partial charge is 0.339 e. The van der Waals surface area contributed by atoms with E-state index in [4.69, 9.17) is 9.47 Å². The molecule has 0 unspecified atom stereocenters. The Balaban J connectivity index is 1.94. The number of carbonyl (C=O) groups is 3. The molecule has 2 aromatic carbocycles. The van der Waals surface area contributed by atoms with Crippen LogP contribution in [0.25, 0.3) is 22.2 Å². The van der Waals surface area contributed by atoms with Crippen LogP contribution in [0.1, 0.15) is 17.3 Å². The van der Waals surface area contributed by atoms with Crippen molar-refractivity contribution in [3.05, 3.63) is 60.2 Å². The number of benzene rings is 2. The van der Waals surface area contributed by atoms with Gasteiger partial charge in [0.15, 0.2) is 6.10 Å². The summed E-state index contributed by atoms with van der Waals surface area (Å²) in [5.41, 5.74) is 2.25. The van der Waals surface area contributed by atoms with Crippen molar-refractivity contribution in [2.45, 2.75) is 13.0 Å². The van der Waals surface area contributed by atoms with E-state index < -0.39 is 24.0 Å². The SMILES string of the molecule is CNC(=O)NC(=O)[C@@H](C)OC(=O)c1cc(-c2ccc(OC)cc2)nc2ccccc12. The van der Waals surface area contributed by atoms with Gasteiger partial charge >= 0.3 is 12.0 Å². The van der Waals surface area contributed by atoms with E-state index >= 15 is 0 Å². The van der Waals surface area contributed by atoms with Crippen molar-refractivity contribution in [2.75, 3.05) is 14.2 Å². The molecule has 0 fully saturated rings. The summed E-state index contributed by atoms with van der Waals surface area (Å²) in [5, 5.41) is 4.94. The Bertz CT molecular complexity index is 1100. The molecule has 0 aliphatic heterocycles. The highest BCUT2D eigenvalue weighted by Gasteiger charge is 2.22. The van der Waals surface area contributed by atoms with Crippen LogP contribution in [-0.2, 0) is 9.53 Å². The van der Waals surface area contributed by atoms with Crippen LogP contribution < -0.4 is 15.4 Å². The fraction of sp³-hybridized carbons (Fsp3) is 0.182. The Labute approximate surface area is 173 Å². The fourth-order valence-corrected chi connectivity index (χ4v) is 2.81. The number of rotatable bonds is 5. The average Bonchev–Trinajstić information content (AvgIpc) is 2.78. The van der Waals surface area contributed by atoms with Gasteiger partial charge in [-0.1, -0.05) is 18.2 Å². The van der Waals surface area contributed by atoms with Gasteiger partial charge in [-0.2, -0.15) is 0 Å². The second-order valence-electron chi connectivity index (χ2n) is 6.42. The van der Waals surface area contributed by atoms with Crippen molar-refractivity contribution in [3.8, 4) is 17.0 Å². The number of esters is 1. The Morgan fingerprint density at radius 2 is 1.73 bits per heavy atom. The maximum atomic E-state index is 12.9. The number of imide groups is 1. The molecule has 0 saturated heterocycles. The average molecular weight is 407 g/mol. The number of ether oxygens (including phenoxy) is 2. The lowest BCUT2D eigenvalue weighted by molar-refractivity contribution is -0.127. The lowest BCUT2D eigenvalue weighted by Gasteiger charge is -2.14. The molecule has 1 atom stereocenters. The predicted molar refractivity (Wildman–Crippen MR) is 111 cm³/mol. The molecule has 2 N–H and O–H groups in total. The first-order valence-corrected chi connectivity index (χ1v) is 9.20. The van der Waals surface area contributed by atoms with E-state index in [9.17, 15) is 14.4 Å². The van der Waals surface area contributed by atoms with Crippen LogP contribution in [0.2, 0.25) is 0 Å². The summed E-state index contributed by atoms with van der Waals surface area (Å²) in [6, 6.07) is 15.4. The van der Waals surface area contributed by atoms with Crippen molar-refractivity contribution in [1.82, 2.24) is 15.6 Å². The molecule has 154 valence electrons. The normalized spacial score (nSPS) is 11.4. The number of pyridine rings is 1. The van der Waals surface area contributed by atoms with E-state index in [0.29, 0.717) is 22.3 Å². The highest BCUT2D eigenvalue weighted by Crippen LogP contribution is 2.27. The largest absolute Gasteiger partial charge is 0.497 e. The summed E-state index contributed by atoms with van der Waals surface area (Å²) >= 11 is 0. The van der Waals surface area contributed by atoms with E-state index in [1.807, 2.05) is 18.2 Å². The van der Waals surface area contributed by atoms with Crippen molar-refractivity contribution in [3.63, 3.8) is 0 Å². The van der Waals surface area contributed by atoms with Gasteiger partial charge in [0.1, 0.15) is 5.75 Å². The van der Waals surface area contributed by atoms with E-state index in [0.717, 1.165) is 5.56 Å². The lowest BCUT2D eigenvalue weighted by Crippen LogP contribution is -2.43. The number of methoxy groups -OCH3 is 1. The highest BCUT2D eigenvalue weighted by atomic mass is 16.5. The first-order chi connectivity index (χ1) is 14.4. The standard InChI is InChI=1S/C22H21N3O5/c1-13(20(26)25-22(28)23-2)30-21(27)17-12-19(14-8-10-15(29-3)11-9-14)24-18-7-5-4-6-16(17)18/h4-13H,1-3H3,(H2,23,25,26,28)/t13-/m1/s1. The highest BCUT2D eigenvalue weighted by molar-refractivity contribution is 6.06. The minimum absolute atomic E-state index is 0.269. The number of carbonyl (C=O) groups excluding carboxylic acids is 3. The summed E-state index contributed by atoms with van der Waals surface area (Å²) in [4.78, 5) is 40.8. The predicted octanol–water partition coefficient (Wildman–Crippen LogP) is 2.91. The van der Waals surface area contributed by atoms with Gasteiger partial charge in [0.2, 0.25) is 0 Å². The molecule has 30 heavy (non-hydrogen) atoms. The summed E-state index contributed by atoms with van der Waals surface area (Å²) in [7, 11) is 2.96. The molecular formula is C22H21N3O5. The molecule has 3 aromatic rings. The summed E-state index contributed by atoms with van der Waals surface area (Å²) in [6.45, 7) is 1.39. The van der Waals surface area contributed by atoms with E-state index in [2.05, 4.69) is 15.6 Å². The molecular weight excluding hydrogens is 386 g/mol. The number of urea groups is 1.